The molecule has 19 heavy (non-hydrogen) atoms. The highest BCUT2D eigenvalue weighted by atomic mass is 32.2. The van der Waals surface area contributed by atoms with E-state index in [0.717, 1.165) is 32.4 Å². The van der Waals surface area contributed by atoms with Crippen LogP contribution in [0.1, 0.15) is 40.0 Å². The fourth-order valence-corrected chi connectivity index (χ4v) is 4.34. The van der Waals surface area contributed by atoms with Gasteiger partial charge in [-0.25, -0.2) is 0 Å². The monoisotopic (exact) mass is 291 g/mol. The van der Waals surface area contributed by atoms with E-state index in [4.69, 9.17) is 0 Å². The van der Waals surface area contributed by atoms with Crippen LogP contribution >= 0.6 is 0 Å². The lowest BCUT2D eigenvalue weighted by molar-refractivity contribution is 0.244. The van der Waals surface area contributed by atoms with Crippen LogP contribution in [0.4, 0.5) is 0 Å². The van der Waals surface area contributed by atoms with Crippen molar-refractivity contribution in [1.29, 1.82) is 0 Å². The van der Waals surface area contributed by atoms with Crippen LogP contribution in [0.5, 0.6) is 0 Å². The molecule has 1 N–H and O–H groups in total. The fourth-order valence-electron chi connectivity index (χ4n) is 2.60. The van der Waals surface area contributed by atoms with Crippen molar-refractivity contribution in [3.05, 3.63) is 0 Å². The zero-order valence-corrected chi connectivity index (χ0v) is 13.4. The van der Waals surface area contributed by atoms with Gasteiger partial charge in [0, 0.05) is 26.2 Å². The Morgan fingerprint density at radius 2 is 1.95 bits per heavy atom. The Morgan fingerprint density at radius 3 is 2.53 bits per heavy atom. The Morgan fingerprint density at radius 1 is 1.26 bits per heavy atom. The van der Waals surface area contributed by atoms with E-state index in [1.807, 2.05) is 13.8 Å². The van der Waals surface area contributed by atoms with Crippen molar-refractivity contribution in [2.45, 2.75) is 40.0 Å². The Bertz CT molecular complexity index is 342. The Kier molecular flexibility index (Phi) is 7.28. The summed E-state index contributed by atoms with van der Waals surface area (Å²) in [6.07, 6.45) is 3.22. The summed E-state index contributed by atoms with van der Waals surface area (Å²) in [5.74, 6) is 0.450. The van der Waals surface area contributed by atoms with Crippen molar-refractivity contribution in [3.63, 3.8) is 0 Å². The highest BCUT2D eigenvalue weighted by Gasteiger charge is 2.31. The first kappa shape index (κ1) is 16.9. The molecule has 0 bridgehead atoms. The fraction of sp³-hybridized carbons (Fsp3) is 1.00. The minimum absolute atomic E-state index is 0.450. The third-order valence-corrected chi connectivity index (χ3v) is 5.85. The topological polar surface area (TPSA) is 52.7 Å². The van der Waals surface area contributed by atoms with Crippen molar-refractivity contribution in [2.24, 2.45) is 5.92 Å². The van der Waals surface area contributed by atoms with E-state index in [0.29, 0.717) is 32.1 Å². The van der Waals surface area contributed by atoms with Crippen molar-refractivity contribution < 1.29 is 8.42 Å². The van der Waals surface area contributed by atoms with Crippen LogP contribution in [0.15, 0.2) is 0 Å². The van der Waals surface area contributed by atoms with E-state index in [2.05, 4.69) is 12.2 Å². The molecule has 0 aliphatic carbocycles. The van der Waals surface area contributed by atoms with Crippen LogP contribution < -0.4 is 5.32 Å². The second kappa shape index (κ2) is 8.19. The molecule has 1 unspecified atom stereocenters. The van der Waals surface area contributed by atoms with Crippen LogP contribution in [0, 0.1) is 5.92 Å². The molecular weight excluding hydrogens is 262 g/mol. The quantitative estimate of drug-likeness (QED) is 0.686. The van der Waals surface area contributed by atoms with Crippen molar-refractivity contribution in [3.8, 4) is 0 Å². The average molecular weight is 291 g/mol. The molecular formula is C13H29N3O2S. The van der Waals surface area contributed by atoms with E-state index in [-0.39, 0.29) is 0 Å². The molecule has 5 nitrogen and oxygen atoms in total. The first-order valence-electron chi connectivity index (χ1n) is 7.52. The van der Waals surface area contributed by atoms with E-state index >= 15 is 0 Å². The van der Waals surface area contributed by atoms with Crippen molar-refractivity contribution in [1.82, 2.24) is 13.9 Å². The molecule has 1 saturated heterocycles. The molecule has 6 heteroatoms. The maximum absolute atomic E-state index is 12.5. The molecule has 0 aromatic rings. The summed E-state index contributed by atoms with van der Waals surface area (Å²) in [5.41, 5.74) is 0. The van der Waals surface area contributed by atoms with E-state index in [1.165, 1.54) is 0 Å². The van der Waals surface area contributed by atoms with Gasteiger partial charge >= 0.3 is 0 Å². The summed E-state index contributed by atoms with van der Waals surface area (Å²) in [6.45, 7) is 10.3. The third kappa shape index (κ3) is 4.70. The zero-order valence-electron chi connectivity index (χ0n) is 12.6. The van der Waals surface area contributed by atoms with Crippen molar-refractivity contribution >= 4 is 10.2 Å². The highest BCUT2D eigenvalue weighted by molar-refractivity contribution is 7.86. The summed E-state index contributed by atoms with van der Waals surface area (Å²) in [7, 11) is -3.25. The second-order valence-corrected chi connectivity index (χ2v) is 7.09. The van der Waals surface area contributed by atoms with Gasteiger partial charge in [0.1, 0.15) is 0 Å². The van der Waals surface area contributed by atoms with Crippen LogP contribution in [0.2, 0.25) is 0 Å². The van der Waals surface area contributed by atoms with Crippen molar-refractivity contribution in [2.75, 3.05) is 39.3 Å². The predicted molar refractivity (Wildman–Crippen MR) is 79.3 cm³/mol. The van der Waals surface area contributed by atoms with E-state index < -0.39 is 10.2 Å². The molecule has 1 rings (SSSR count). The molecule has 1 aliphatic rings. The number of nitrogens with zero attached hydrogens (tertiary/aromatic N) is 2. The second-order valence-electron chi connectivity index (χ2n) is 5.16. The number of nitrogens with one attached hydrogen (secondary N) is 1. The van der Waals surface area contributed by atoms with Crippen LogP contribution in [0.3, 0.4) is 0 Å². The van der Waals surface area contributed by atoms with Gasteiger partial charge in [-0.05, 0) is 38.3 Å². The Hall–Kier alpha value is -0.170. The van der Waals surface area contributed by atoms with Gasteiger partial charge in [-0.3, -0.25) is 0 Å². The SMILES string of the molecule is CCCNCC1CCCN(S(=O)(=O)N(CC)CC)C1. The minimum Gasteiger partial charge on any atom is -0.316 e. The molecule has 114 valence electrons. The molecule has 0 aromatic heterocycles. The summed E-state index contributed by atoms with van der Waals surface area (Å²) in [5, 5.41) is 3.40. The number of rotatable bonds is 8. The third-order valence-electron chi connectivity index (χ3n) is 3.70. The summed E-state index contributed by atoms with van der Waals surface area (Å²) >= 11 is 0. The van der Waals surface area contributed by atoms with Gasteiger partial charge in [-0.1, -0.05) is 20.8 Å². The van der Waals surface area contributed by atoms with Crippen LogP contribution in [-0.2, 0) is 10.2 Å². The smallest absolute Gasteiger partial charge is 0.281 e. The number of hydrogen-bond donors (Lipinski definition) is 1. The van der Waals surface area contributed by atoms with Gasteiger partial charge < -0.3 is 5.32 Å². The summed E-state index contributed by atoms with van der Waals surface area (Å²) in [6, 6.07) is 0. The number of piperidine rings is 1. The predicted octanol–water partition coefficient (Wildman–Crippen LogP) is 1.28. The molecule has 1 fully saturated rings. The average Bonchev–Trinajstić information content (AvgIpc) is 2.40. The first-order valence-corrected chi connectivity index (χ1v) is 8.91. The Balaban J connectivity index is 2.58. The molecule has 0 radical (unpaired) electrons. The minimum atomic E-state index is -3.25. The molecule has 0 saturated carbocycles. The van der Waals surface area contributed by atoms with Gasteiger partial charge in [0.2, 0.25) is 0 Å². The molecule has 0 aromatic carbocycles. The zero-order chi connectivity index (χ0) is 14.3. The van der Waals surface area contributed by atoms with Gasteiger partial charge in [0.15, 0.2) is 0 Å². The summed E-state index contributed by atoms with van der Waals surface area (Å²) < 4.78 is 28.1. The molecule has 1 atom stereocenters. The van der Waals surface area contributed by atoms with Crippen LogP contribution in [-0.4, -0.2) is 56.3 Å². The number of hydrogen-bond acceptors (Lipinski definition) is 3. The van der Waals surface area contributed by atoms with E-state index in [1.54, 1.807) is 8.61 Å². The normalized spacial score (nSPS) is 22.0. The standard InChI is InChI=1S/C13H29N3O2S/c1-4-9-14-11-13-8-7-10-16(12-13)19(17,18)15(5-2)6-3/h13-14H,4-12H2,1-3H3. The summed E-state index contributed by atoms with van der Waals surface area (Å²) in [4.78, 5) is 0. The molecule has 0 spiro atoms. The lowest BCUT2D eigenvalue weighted by atomic mass is 10.00. The van der Waals surface area contributed by atoms with Gasteiger partial charge in [-0.15, -0.1) is 0 Å². The maximum atomic E-state index is 12.5. The first-order chi connectivity index (χ1) is 9.06. The Labute approximate surface area is 118 Å². The molecule has 1 aliphatic heterocycles. The largest absolute Gasteiger partial charge is 0.316 e. The lowest BCUT2D eigenvalue weighted by Gasteiger charge is -2.35. The highest BCUT2D eigenvalue weighted by Crippen LogP contribution is 2.20. The van der Waals surface area contributed by atoms with Gasteiger partial charge in [-0.2, -0.15) is 17.0 Å². The molecule has 0 amide bonds. The lowest BCUT2D eigenvalue weighted by Crippen LogP contribution is -2.49. The molecule has 1 heterocycles. The maximum Gasteiger partial charge on any atom is 0.281 e. The van der Waals surface area contributed by atoms with Gasteiger partial charge in [0.25, 0.3) is 10.2 Å². The van der Waals surface area contributed by atoms with Crippen LogP contribution in [0.25, 0.3) is 0 Å². The van der Waals surface area contributed by atoms with Gasteiger partial charge in [0.05, 0.1) is 0 Å². The van der Waals surface area contributed by atoms with E-state index in [9.17, 15) is 8.42 Å².